The first-order chi connectivity index (χ1) is 6.20. The zero-order chi connectivity index (χ0) is 9.42. The molecule has 0 saturated heterocycles. The van der Waals surface area contributed by atoms with Gasteiger partial charge in [0.05, 0.1) is 6.20 Å². The Labute approximate surface area is 122 Å². The van der Waals surface area contributed by atoms with Crippen LogP contribution in [0.15, 0.2) is 12.5 Å². The van der Waals surface area contributed by atoms with Gasteiger partial charge in [-0.3, -0.25) is 0 Å². The molecule has 2 aromatic heterocycles. The Morgan fingerprint density at radius 1 is 1.57 bits per heavy atom. The van der Waals surface area contributed by atoms with Crippen LogP contribution in [0.2, 0.25) is 0 Å². The summed E-state index contributed by atoms with van der Waals surface area (Å²) in [7, 11) is 1.56. The second-order valence-electron chi connectivity index (χ2n) is 2.51. The average molecular weight is 216 g/mol. The summed E-state index contributed by atoms with van der Waals surface area (Å²) in [5.41, 5.74) is 0.929. The molecule has 6 nitrogen and oxygen atoms in total. The van der Waals surface area contributed by atoms with Crippen LogP contribution in [0.25, 0.3) is 11.2 Å². The Balaban J connectivity index is 0.000000980. The van der Waals surface area contributed by atoms with Crippen LogP contribution in [0.1, 0.15) is 10.6 Å². The fourth-order valence-electron chi connectivity index (χ4n) is 1.13. The maximum atomic E-state index is 10.5. The maximum Gasteiger partial charge on any atom is 1.00 e. The minimum absolute atomic E-state index is 0. The predicted octanol–water partition coefficient (Wildman–Crippen LogP) is -4.27. The summed E-state index contributed by atoms with van der Waals surface area (Å²) in [4.78, 5) is 21.9. The number of carbonyl (C=O) groups is 1. The third-order valence-corrected chi connectivity index (χ3v) is 1.72. The van der Waals surface area contributed by atoms with Gasteiger partial charge in [-0.25, -0.2) is 15.0 Å². The van der Waals surface area contributed by atoms with E-state index in [0.717, 1.165) is 0 Å². The molecule has 2 rings (SSSR count). The number of carboxylic acids is 1. The molecule has 0 aliphatic heterocycles. The number of fused-ring (bicyclic) bond motifs is 1. The van der Waals surface area contributed by atoms with E-state index in [0.29, 0.717) is 11.2 Å². The van der Waals surface area contributed by atoms with Gasteiger partial charge in [-0.2, -0.15) is 0 Å². The van der Waals surface area contributed by atoms with Crippen molar-refractivity contribution in [1.29, 1.82) is 0 Å². The topological polar surface area (TPSA) is 83.7 Å². The summed E-state index contributed by atoms with van der Waals surface area (Å²) < 4.78 is 1.35. The van der Waals surface area contributed by atoms with Gasteiger partial charge in [-0.15, -0.1) is 0 Å². The van der Waals surface area contributed by atoms with E-state index in [9.17, 15) is 9.90 Å². The Bertz CT molecular complexity index is 481. The van der Waals surface area contributed by atoms with Crippen LogP contribution in [0, 0.1) is 0 Å². The number of aromatic nitrogens is 4. The van der Waals surface area contributed by atoms with E-state index in [4.69, 9.17) is 0 Å². The predicted molar refractivity (Wildman–Crippen MR) is 40.6 cm³/mol. The molecule has 2 aromatic rings. The Morgan fingerprint density at radius 3 is 2.86 bits per heavy atom. The smallest absolute Gasteiger partial charge is 0.542 e. The molecular formula is C7H5KN4O2. The van der Waals surface area contributed by atoms with E-state index >= 15 is 0 Å². The number of aromatic carboxylic acids is 1. The zero-order valence-electron chi connectivity index (χ0n) is 7.76. The normalized spacial score (nSPS) is 9.79. The van der Waals surface area contributed by atoms with E-state index in [2.05, 4.69) is 15.0 Å². The van der Waals surface area contributed by atoms with Crippen LogP contribution < -0.4 is 56.5 Å². The molecule has 0 bridgehead atoms. The van der Waals surface area contributed by atoms with Crippen LogP contribution >= 0.6 is 0 Å². The second-order valence-corrected chi connectivity index (χ2v) is 2.51. The van der Waals surface area contributed by atoms with Gasteiger partial charge in [0.15, 0.2) is 11.5 Å². The van der Waals surface area contributed by atoms with E-state index in [1.807, 2.05) is 0 Å². The van der Waals surface area contributed by atoms with Crippen molar-refractivity contribution < 1.29 is 61.3 Å². The van der Waals surface area contributed by atoms with Gasteiger partial charge >= 0.3 is 51.4 Å². The number of nitrogens with zero attached hydrogens (tertiary/aromatic N) is 4. The van der Waals surface area contributed by atoms with E-state index in [1.165, 1.54) is 17.1 Å². The average Bonchev–Trinajstić information content (AvgIpc) is 2.45. The minimum atomic E-state index is -1.32. The molecule has 0 atom stereocenters. The van der Waals surface area contributed by atoms with Gasteiger partial charge in [0.2, 0.25) is 0 Å². The maximum absolute atomic E-state index is 10.5. The van der Waals surface area contributed by atoms with Gasteiger partial charge < -0.3 is 14.5 Å². The first-order valence-electron chi connectivity index (χ1n) is 3.54. The number of imidazole rings is 1. The number of carbonyl (C=O) groups excluding carboxylic acids is 1. The van der Waals surface area contributed by atoms with Gasteiger partial charge in [0.1, 0.15) is 17.8 Å². The van der Waals surface area contributed by atoms with Crippen LogP contribution in [0.3, 0.4) is 0 Å². The Kier molecular flexibility index (Phi) is 3.73. The summed E-state index contributed by atoms with van der Waals surface area (Å²) in [6.45, 7) is 0. The van der Waals surface area contributed by atoms with Gasteiger partial charge in [-0.05, 0) is 0 Å². The molecule has 0 amide bonds. The number of hydrogen-bond donors (Lipinski definition) is 0. The van der Waals surface area contributed by atoms with Crippen LogP contribution in [0.5, 0.6) is 0 Å². The monoisotopic (exact) mass is 216 g/mol. The molecule has 0 N–H and O–H groups in total. The molecule has 0 saturated carbocycles. The van der Waals surface area contributed by atoms with Crippen LogP contribution in [0.4, 0.5) is 0 Å². The van der Waals surface area contributed by atoms with E-state index in [-0.39, 0.29) is 57.2 Å². The summed E-state index contributed by atoms with van der Waals surface area (Å²) in [5.74, 6) is -1.46. The van der Waals surface area contributed by atoms with Crippen molar-refractivity contribution in [2.24, 2.45) is 7.05 Å². The third-order valence-electron chi connectivity index (χ3n) is 1.72. The number of hydrogen-bond acceptors (Lipinski definition) is 5. The fraction of sp³-hybridized carbons (Fsp3) is 0.143. The molecule has 0 aromatic carbocycles. The van der Waals surface area contributed by atoms with E-state index in [1.54, 1.807) is 7.05 Å². The SMILES string of the molecule is Cn1c(C(=O)[O-])nc2cncnc21.[K+]. The van der Waals surface area contributed by atoms with Crippen molar-refractivity contribution >= 4 is 17.1 Å². The first kappa shape index (κ1) is 11.7. The minimum Gasteiger partial charge on any atom is -0.542 e. The number of carboxylic acid groups (broad SMARTS) is 1. The quantitative estimate of drug-likeness (QED) is 0.451. The van der Waals surface area contributed by atoms with Gasteiger partial charge in [-0.1, -0.05) is 0 Å². The molecular weight excluding hydrogens is 211 g/mol. The molecule has 66 valence electrons. The zero-order valence-corrected chi connectivity index (χ0v) is 10.9. The molecule has 0 fully saturated rings. The first-order valence-corrected chi connectivity index (χ1v) is 3.54. The second kappa shape index (κ2) is 4.45. The molecule has 7 heteroatoms. The summed E-state index contributed by atoms with van der Waals surface area (Å²) in [6, 6.07) is 0. The number of aryl methyl sites for hydroxylation is 1. The van der Waals surface area contributed by atoms with Crippen molar-refractivity contribution in [1.82, 2.24) is 19.5 Å². The number of rotatable bonds is 1. The fourth-order valence-corrected chi connectivity index (χ4v) is 1.13. The van der Waals surface area contributed by atoms with Crippen LogP contribution in [-0.4, -0.2) is 25.5 Å². The molecule has 0 unspecified atom stereocenters. The van der Waals surface area contributed by atoms with Crippen molar-refractivity contribution in [3.63, 3.8) is 0 Å². The molecule has 2 heterocycles. The molecule has 0 spiro atoms. The van der Waals surface area contributed by atoms with Crippen molar-refractivity contribution in [3.8, 4) is 0 Å². The Morgan fingerprint density at radius 2 is 2.29 bits per heavy atom. The van der Waals surface area contributed by atoms with E-state index < -0.39 is 5.97 Å². The standard InChI is InChI=1S/C7H6N4O2.K/c1-11-5-4(2-8-3-9-5)10-6(11)7(12)13;/h2-3H,1H3,(H,12,13);/q;+1/p-1. The van der Waals surface area contributed by atoms with Crippen molar-refractivity contribution in [3.05, 3.63) is 18.3 Å². The summed E-state index contributed by atoms with van der Waals surface area (Å²) in [5, 5.41) is 10.5. The molecule has 0 aliphatic rings. The van der Waals surface area contributed by atoms with Crippen molar-refractivity contribution in [2.45, 2.75) is 0 Å². The molecule has 0 aliphatic carbocycles. The third kappa shape index (κ3) is 1.86. The van der Waals surface area contributed by atoms with Crippen LogP contribution in [-0.2, 0) is 7.05 Å². The molecule has 14 heavy (non-hydrogen) atoms. The summed E-state index contributed by atoms with van der Waals surface area (Å²) in [6.07, 6.45) is 2.79. The largest absolute Gasteiger partial charge is 1.00 e. The van der Waals surface area contributed by atoms with Crippen molar-refractivity contribution in [2.75, 3.05) is 0 Å². The Hall–Kier alpha value is -0.344. The van der Waals surface area contributed by atoms with Gasteiger partial charge in [0.25, 0.3) is 0 Å². The van der Waals surface area contributed by atoms with Gasteiger partial charge in [0, 0.05) is 7.05 Å². The molecule has 0 radical (unpaired) electrons. The summed E-state index contributed by atoms with van der Waals surface area (Å²) >= 11 is 0.